The number of piperidine rings is 1. The van der Waals surface area contributed by atoms with E-state index in [0.717, 1.165) is 44.5 Å². The maximum atomic E-state index is 12.9. The van der Waals surface area contributed by atoms with Crippen LogP contribution in [0.3, 0.4) is 0 Å². The van der Waals surface area contributed by atoms with E-state index in [0.29, 0.717) is 28.2 Å². The average Bonchev–Trinajstić information content (AvgIpc) is 3.30. The maximum Gasteiger partial charge on any atom is 0.308 e. The van der Waals surface area contributed by atoms with Crippen LogP contribution in [0.4, 0.5) is 17.5 Å². The third-order valence-corrected chi connectivity index (χ3v) is 7.42. The Morgan fingerprint density at radius 1 is 1.15 bits per heavy atom. The van der Waals surface area contributed by atoms with Crippen molar-refractivity contribution in [1.82, 2.24) is 19.8 Å². The Morgan fingerprint density at radius 3 is 2.53 bits per heavy atom. The number of nitrogens with one attached hydrogen (secondary N) is 2. The number of halogens is 1. The quantitative estimate of drug-likeness (QED) is 0.495. The monoisotopic (exact) mass is 530 g/mol. The molecule has 2 atom stereocenters. The van der Waals surface area contributed by atoms with Gasteiger partial charge >= 0.3 is 5.97 Å². The average molecular weight is 531 g/mol. The van der Waals surface area contributed by atoms with E-state index in [-0.39, 0.29) is 18.0 Å². The lowest BCUT2D eigenvalue weighted by Crippen LogP contribution is -2.44. The zero-order valence-corrected chi connectivity index (χ0v) is 21.1. The first-order valence-corrected chi connectivity index (χ1v) is 12.5. The first kappa shape index (κ1) is 24.4. The number of amides is 1. The molecule has 2 aliphatic rings. The molecular weight excluding hydrogens is 500 g/mol. The molecule has 4 rings (SSSR count). The normalized spacial score (nSPS) is 21.3. The van der Waals surface area contributed by atoms with Crippen molar-refractivity contribution >= 4 is 45.3 Å². The molecule has 34 heavy (non-hydrogen) atoms. The lowest BCUT2D eigenvalue weighted by Gasteiger charge is -2.35. The summed E-state index contributed by atoms with van der Waals surface area (Å²) in [7, 11) is 3.99. The molecule has 0 unspecified atom stereocenters. The minimum atomic E-state index is -0.783. The highest BCUT2D eigenvalue weighted by Crippen LogP contribution is 2.31. The van der Waals surface area contributed by atoms with E-state index in [1.807, 2.05) is 36.2 Å². The molecule has 3 N–H and O–H groups in total. The summed E-state index contributed by atoms with van der Waals surface area (Å²) in [6, 6.07) is 7.40. The van der Waals surface area contributed by atoms with Crippen LogP contribution in [0.1, 0.15) is 42.5 Å². The number of carbonyl (C=O) groups excluding carboxylic acids is 1. The van der Waals surface area contributed by atoms with Gasteiger partial charge in [-0.15, -0.1) is 0 Å². The van der Waals surface area contributed by atoms with Crippen LogP contribution in [0, 0.1) is 5.92 Å². The van der Waals surface area contributed by atoms with E-state index >= 15 is 0 Å². The molecule has 1 aliphatic carbocycles. The fourth-order valence-electron chi connectivity index (χ4n) is 4.71. The molecule has 10 heteroatoms. The van der Waals surface area contributed by atoms with Gasteiger partial charge in [0, 0.05) is 36.6 Å². The smallest absolute Gasteiger partial charge is 0.308 e. The van der Waals surface area contributed by atoms with Crippen LogP contribution in [0.25, 0.3) is 0 Å². The molecule has 9 nitrogen and oxygen atoms in total. The highest BCUT2D eigenvalue weighted by Gasteiger charge is 2.33. The van der Waals surface area contributed by atoms with Gasteiger partial charge in [0.2, 0.25) is 5.95 Å². The molecule has 1 saturated heterocycles. The molecule has 2 heterocycles. The van der Waals surface area contributed by atoms with Gasteiger partial charge in [-0.05, 0) is 86.0 Å². The Labute approximate surface area is 208 Å². The molecule has 1 aliphatic heterocycles. The zero-order valence-electron chi connectivity index (χ0n) is 19.5. The number of nitrogens with zero attached hydrogens (tertiary/aromatic N) is 4. The van der Waals surface area contributed by atoms with Crippen molar-refractivity contribution < 1.29 is 14.7 Å². The van der Waals surface area contributed by atoms with Crippen LogP contribution in [-0.4, -0.2) is 76.0 Å². The van der Waals surface area contributed by atoms with Gasteiger partial charge in [0.1, 0.15) is 5.82 Å². The topological polar surface area (TPSA) is 111 Å². The Hall–Kier alpha value is -2.72. The summed E-state index contributed by atoms with van der Waals surface area (Å²) in [5.74, 6) is -0.233. The van der Waals surface area contributed by atoms with Crippen molar-refractivity contribution in [2.24, 2.45) is 5.92 Å². The Bertz CT molecular complexity index is 1030. The molecular formula is C24H31BrN6O3. The standard InChI is InChI=1S/C24H31BrN6O3/c1-30-12-10-17(11-13-30)31(2)22(32)15-6-8-16(9-7-15)27-24-26-14-19(25)21(29-24)28-20-5-3-4-18(20)23(33)34/h6-9,14,17-18,20H,3-5,10-13H2,1-2H3,(H,33,34)(H2,26,27,28,29)/t18-,20-/m0/s1. The van der Waals surface area contributed by atoms with Crippen molar-refractivity contribution in [1.29, 1.82) is 0 Å². The number of anilines is 3. The number of hydrogen-bond acceptors (Lipinski definition) is 7. The van der Waals surface area contributed by atoms with Crippen molar-refractivity contribution in [3.63, 3.8) is 0 Å². The van der Waals surface area contributed by atoms with Crippen LogP contribution in [-0.2, 0) is 4.79 Å². The second-order valence-electron chi connectivity index (χ2n) is 9.17. The SMILES string of the molecule is CN1CCC(N(C)C(=O)c2ccc(Nc3ncc(Br)c(N[C@H]4CCC[C@@H]4C(=O)O)n3)cc2)CC1. The molecule has 1 amide bonds. The Morgan fingerprint density at radius 2 is 1.85 bits per heavy atom. The van der Waals surface area contributed by atoms with Gasteiger partial charge in [0.25, 0.3) is 5.91 Å². The van der Waals surface area contributed by atoms with Crippen LogP contribution >= 0.6 is 15.9 Å². The van der Waals surface area contributed by atoms with Crippen LogP contribution in [0.15, 0.2) is 34.9 Å². The molecule has 1 aromatic heterocycles. The van der Waals surface area contributed by atoms with Gasteiger partial charge in [-0.3, -0.25) is 9.59 Å². The number of likely N-dealkylation sites (tertiary alicyclic amines) is 1. The number of hydrogen-bond donors (Lipinski definition) is 3. The summed E-state index contributed by atoms with van der Waals surface area (Å²) in [5.41, 5.74) is 1.41. The Balaban J connectivity index is 1.40. The minimum absolute atomic E-state index is 0.0250. The van der Waals surface area contributed by atoms with Crippen LogP contribution in [0.2, 0.25) is 0 Å². The van der Waals surface area contributed by atoms with Gasteiger partial charge in [0.15, 0.2) is 0 Å². The summed E-state index contributed by atoms with van der Waals surface area (Å²) in [4.78, 5) is 37.4. The fourth-order valence-corrected chi connectivity index (χ4v) is 5.02. The number of benzene rings is 1. The number of carboxylic acids is 1. The van der Waals surface area contributed by atoms with Crippen LogP contribution in [0.5, 0.6) is 0 Å². The summed E-state index contributed by atoms with van der Waals surface area (Å²) < 4.78 is 0.673. The summed E-state index contributed by atoms with van der Waals surface area (Å²) >= 11 is 3.45. The highest BCUT2D eigenvalue weighted by atomic mass is 79.9. The highest BCUT2D eigenvalue weighted by molar-refractivity contribution is 9.10. The molecule has 1 saturated carbocycles. The van der Waals surface area contributed by atoms with Crippen molar-refractivity contribution in [2.75, 3.05) is 37.8 Å². The van der Waals surface area contributed by atoms with Crippen LogP contribution < -0.4 is 10.6 Å². The van der Waals surface area contributed by atoms with Crippen molar-refractivity contribution in [3.8, 4) is 0 Å². The largest absolute Gasteiger partial charge is 0.481 e. The second kappa shape index (κ2) is 10.7. The van der Waals surface area contributed by atoms with Gasteiger partial charge in [-0.2, -0.15) is 4.98 Å². The van der Waals surface area contributed by atoms with E-state index in [4.69, 9.17) is 0 Å². The molecule has 0 radical (unpaired) electrons. The number of rotatable bonds is 7. The second-order valence-corrected chi connectivity index (χ2v) is 10.0. The minimum Gasteiger partial charge on any atom is -0.481 e. The molecule has 1 aromatic carbocycles. The summed E-state index contributed by atoms with van der Waals surface area (Å²) in [6.07, 6.45) is 5.95. The number of carbonyl (C=O) groups is 2. The third kappa shape index (κ3) is 5.67. The van der Waals surface area contributed by atoms with E-state index in [1.165, 1.54) is 0 Å². The summed E-state index contributed by atoms with van der Waals surface area (Å²) in [6.45, 7) is 2.01. The van der Waals surface area contributed by atoms with Gasteiger partial charge in [0.05, 0.1) is 10.4 Å². The van der Waals surface area contributed by atoms with E-state index in [2.05, 4.69) is 48.5 Å². The van der Waals surface area contributed by atoms with Crippen molar-refractivity contribution in [2.45, 2.75) is 44.2 Å². The third-order valence-electron chi connectivity index (χ3n) is 6.84. The lowest BCUT2D eigenvalue weighted by atomic mass is 10.0. The fraction of sp³-hybridized carbons (Fsp3) is 0.500. The zero-order chi connectivity index (χ0) is 24.2. The van der Waals surface area contributed by atoms with E-state index in [9.17, 15) is 14.7 Å². The first-order valence-electron chi connectivity index (χ1n) is 11.7. The number of carboxylic acid groups (broad SMARTS) is 1. The Kier molecular flexibility index (Phi) is 7.67. The molecule has 2 fully saturated rings. The molecule has 0 bridgehead atoms. The van der Waals surface area contributed by atoms with Crippen molar-refractivity contribution in [3.05, 3.63) is 40.5 Å². The molecule has 0 spiro atoms. The summed E-state index contributed by atoms with van der Waals surface area (Å²) in [5, 5.41) is 15.9. The first-order chi connectivity index (χ1) is 16.3. The number of aliphatic carboxylic acids is 1. The molecule has 182 valence electrons. The maximum absolute atomic E-state index is 12.9. The van der Waals surface area contributed by atoms with Gasteiger partial charge in [-0.1, -0.05) is 6.42 Å². The van der Waals surface area contributed by atoms with E-state index < -0.39 is 11.9 Å². The predicted octanol–water partition coefficient (Wildman–Crippen LogP) is 3.81. The predicted molar refractivity (Wildman–Crippen MR) is 134 cm³/mol. The lowest BCUT2D eigenvalue weighted by molar-refractivity contribution is -0.141. The number of aromatic nitrogens is 2. The van der Waals surface area contributed by atoms with E-state index in [1.54, 1.807) is 6.20 Å². The van der Waals surface area contributed by atoms with Gasteiger partial charge in [-0.25, -0.2) is 4.98 Å². The van der Waals surface area contributed by atoms with Gasteiger partial charge < -0.3 is 25.5 Å². The molecule has 2 aromatic rings.